The molecule has 3 aromatic carbocycles. The number of benzene rings is 3. The molecule has 1 heterocycles. The average Bonchev–Trinajstić information content (AvgIpc) is 2.68. The maximum absolute atomic E-state index is 14.4. The Kier molecular flexibility index (Phi) is 5.02. The number of hydrogen-bond donors (Lipinski definition) is 0. The summed E-state index contributed by atoms with van der Waals surface area (Å²) in [5.41, 5.74) is 0.707. The Morgan fingerprint density at radius 3 is 2.14 bits per heavy atom. The SMILES string of the molecule is O=S(=O)(c1ccc(F)cc1)c1cnc2c(F)cc(Cl)cc2c1-c1ccc(Cl)cc1. The van der Waals surface area contributed by atoms with Crippen LogP contribution in [0.2, 0.25) is 10.0 Å². The number of sulfone groups is 1. The number of pyridine rings is 1. The lowest BCUT2D eigenvalue weighted by molar-refractivity contribution is 0.594. The molecular formula is C21H11Cl2F2NO2S. The first kappa shape index (κ1) is 19.8. The van der Waals surface area contributed by atoms with E-state index in [9.17, 15) is 17.2 Å². The second-order valence-corrected chi connectivity index (χ2v) is 9.04. The Balaban J connectivity index is 2.10. The molecule has 0 aliphatic rings. The lowest BCUT2D eigenvalue weighted by atomic mass is 10.0. The zero-order valence-electron chi connectivity index (χ0n) is 14.5. The van der Waals surface area contributed by atoms with E-state index in [-0.39, 0.29) is 31.3 Å². The van der Waals surface area contributed by atoms with Crippen LogP contribution in [0.4, 0.5) is 8.78 Å². The third-order valence-corrected chi connectivity index (χ3v) is 6.65. The van der Waals surface area contributed by atoms with E-state index in [0.717, 1.165) is 24.4 Å². The fourth-order valence-corrected chi connectivity index (χ4v) is 4.83. The van der Waals surface area contributed by atoms with E-state index >= 15 is 0 Å². The average molecular weight is 450 g/mol. The summed E-state index contributed by atoms with van der Waals surface area (Å²) >= 11 is 12.0. The van der Waals surface area contributed by atoms with Crippen molar-refractivity contribution in [2.75, 3.05) is 0 Å². The highest BCUT2D eigenvalue weighted by Crippen LogP contribution is 2.38. The topological polar surface area (TPSA) is 47.0 Å². The van der Waals surface area contributed by atoms with Crippen LogP contribution in [0, 0.1) is 11.6 Å². The van der Waals surface area contributed by atoms with Crippen LogP contribution >= 0.6 is 23.2 Å². The molecule has 4 rings (SSSR count). The minimum absolute atomic E-state index is 0.0163. The van der Waals surface area contributed by atoms with Gasteiger partial charge < -0.3 is 0 Å². The van der Waals surface area contributed by atoms with E-state index in [1.165, 1.54) is 18.2 Å². The van der Waals surface area contributed by atoms with Crippen LogP contribution in [0.5, 0.6) is 0 Å². The first-order chi connectivity index (χ1) is 13.8. The van der Waals surface area contributed by atoms with E-state index < -0.39 is 21.5 Å². The molecule has 0 aliphatic heterocycles. The molecule has 0 fully saturated rings. The van der Waals surface area contributed by atoms with Crippen molar-refractivity contribution in [2.45, 2.75) is 9.79 Å². The molecule has 0 atom stereocenters. The third kappa shape index (κ3) is 3.59. The summed E-state index contributed by atoms with van der Waals surface area (Å²) in [6, 6.07) is 13.4. The van der Waals surface area contributed by atoms with Gasteiger partial charge in [-0.1, -0.05) is 35.3 Å². The second kappa shape index (κ2) is 7.37. The van der Waals surface area contributed by atoms with Gasteiger partial charge in [0.05, 0.1) is 9.79 Å². The number of fused-ring (bicyclic) bond motifs is 1. The van der Waals surface area contributed by atoms with Gasteiger partial charge in [0.25, 0.3) is 0 Å². The minimum Gasteiger partial charge on any atom is -0.252 e. The van der Waals surface area contributed by atoms with Gasteiger partial charge in [-0.05, 0) is 54.1 Å². The van der Waals surface area contributed by atoms with Crippen LogP contribution in [0.1, 0.15) is 0 Å². The van der Waals surface area contributed by atoms with Gasteiger partial charge in [-0.25, -0.2) is 17.2 Å². The molecule has 0 amide bonds. The number of aromatic nitrogens is 1. The molecule has 146 valence electrons. The lowest BCUT2D eigenvalue weighted by Crippen LogP contribution is -2.06. The largest absolute Gasteiger partial charge is 0.252 e. The predicted octanol–water partition coefficient (Wildman–Crippen LogP) is 6.32. The zero-order chi connectivity index (χ0) is 20.8. The molecule has 1 aromatic heterocycles. The minimum atomic E-state index is -4.09. The molecule has 4 aromatic rings. The molecule has 0 aliphatic carbocycles. The van der Waals surface area contributed by atoms with Gasteiger partial charge in [0.15, 0.2) is 5.82 Å². The highest BCUT2D eigenvalue weighted by atomic mass is 35.5. The molecule has 3 nitrogen and oxygen atoms in total. The van der Waals surface area contributed by atoms with Gasteiger partial charge in [0.2, 0.25) is 9.84 Å². The molecule has 0 unspecified atom stereocenters. The number of hydrogen-bond acceptors (Lipinski definition) is 3. The van der Waals surface area contributed by atoms with Crippen LogP contribution in [-0.2, 0) is 9.84 Å². The molecule has 29 heavy (non-hydrogen) atoms. The summed E-state index contributed by atoms with van der Waals surface area (Å²) in [5.74, 6) is -1.24. The van der Waals surface area contributed by atoms with Gasteiger partial charge in [0.1, 0.15) is 11.3 Å². The molecule has 0 N–H and O–H groups in total. The predicted molar refractivity (Wildman–Crippen MR) is 109 cm³/mol. The van der Waals surface area contributed by atoms with Crippen LogP contribution in [0.3, 0.4) is 0 Å². The van der Waals surface area contributed by atoms with Crippen molar-refractivity contribution in [1.29, 1.82) is 0 Å². The highest BCUT2D eigenvalue weighted by Gasteiger charge is 2.25. The summed E-state index contributed by atoms with van der Waals surface area (Å²) < 4.78 is 54.3. The number of halogens is 4. The Morgan fingerprint density at radius 1 is 0.828 bits per heavy atom. The van der Waals surface area contributed by atoms with Crippen molar-refractivity contribution in [3.05, 3.63) is 88.5 Å². The quantitative estimate of drug-likeness (QED) is 0.343. The molecule has 0 spiro atoms. The first-order valence-corrected chi connectivity index (χ1v) is 10.6. The van der Waals surface area contributed by atoms with E-state index in [0.29, 0.717) is 10.6 Å². The van der Waals surface area contributed by atoms with Gasteiger partial charge in [-0.2, -0.15) is 0 Å². The molecule has 8 heteroatoms. The van der Waals surface area contributed by atoms with Gasteiger partial charge in [0, 0.05) is 27.2 Å². The maximum atomic E-state index is 14.4. The summed E-state index contributed by atoms with van der Waals surface area (Å²) in [5, 5.41) is 0.795. The summed E-state index contributed by atoms with van der Waals surface area (Å²) in [7, 11) is -4.09. The Bertz CT molecular complexity index is 1340. The second-order valence-electron chi connectivity index (χ2n) is 6.25. The fraction of sp³-hybridized carbons (Fsp3) is 0. The van der Waals surface area contributed by atoms with E-state index in [4.69, 9.17) is 23.2 Å². The van der Waals surface area contributed by atoms with E-state index in [1.54, 1.807) is 24.3 Å². The molecule has 0 saturated carbocycles. The van der Waals surface area contributed by atoms with Crippen LogP contribution in [0.15, 0.2) is 76.7 Å². The van der Waals surface area contributed by atoms with Gasteiger partial charge in [-0.3, -0.25) is 4.98 Å². The summed E-state index contributed by atoms with van der Waals surface area (Å²) in [6.07, 6.45) is 1.10. The Labute approximate surface area is 175 Å². The van der Waals surface area contributed by atoms with Crippen LogP contribution in [-0.4, -0.2) is 13.4 Å². The first-order valence-electron chi connectivity index (χ1n) is 8.32. The monoisotopic (exact) mass is 449 g/mol. The molecule has 0 saturated heterocycles. The van der Waals surface area contributed by atoms with Crippen LogP contribution < -0.4 is 0 Å². The van der Waals surface area contributed by atoms with Gasteiger partial charge in [-0.15, -0.1) is 0 Å². The number of rotatable bonds is 3. The highest BCUT2D eigenvalue weighted by molar-refractivity contribution is 7.91. The Hall–Kier alpha value is -2.54. The van der Waals surface area contributed by atoms with E-state index in [1.807, 2.05) is 0 Å². The van der Waals surface area contributed by atoms with Crippen molar-refractivity contribution in [2.24, 2.45) is 0 Å². The summed E-state index contributed by atoms with van der Waals surface area (Å²) in [6.45, 7) is 0. The standard InChI is InChI=1S/C21H11Cl2F2NO2S/c22-13-3-1-12(2-4-13)20-17-9-14(23)10-18(25)21(17)26-11-19(20)29(27,28)16-7-5-15(24)6-8-16/h1-11H. The van der Waals surface area contributed by atoms with Gasteiger partial charge >= 0.3 is 0 Å². The van der Waals surface area contributed by atoms with Crippen molar-refractivity contribution in [1.82, 2.24) is 4.98 Å². The molecular weight excluding hydrogens is 439 g/mol. The van der Waals surface area contributed by atoms with Crippen molar-refractivity contribution in [3.8, 4) is 11.1 Å². The third-order valence-electron chi connectivity index (χ3n) is 4.40. The van der Waals surface area contributed by atoms with Crippen molar-refractivity contribution < 1.29 is 17.2 Å². The smallest absolute Gasteiger partial charge is 0.208 e. The summed E-state index contributed by atoms with van der Waals surface area (Å²) in [4.78, 5) is 3.76. The lowest BCUT2D eigenvalue weighted by Gasteiger charge is -2.14. The molecule has 0 radical (unpaired) electrons. The molecule has 0 bridgehead atoms. The zero-order valence-corrected chi connectivity index (χ0v) is 16.9. The van der Waals surface area contributed by atoms with Crippen molar-refractivity contribution in [3.63, 3.8) is 0 Å². The Morgan fingerprint density at radius 2 is 1.48 bits per heavy atom. The van der Waals surface area contributed by atoms with Crippen LogP contribution in [0.25, 0.3) is 22.0 Å². The van der Waals surface area contributed by atoms with E-state index in [2.05, 4.69) is 4.98 Å². The normalized spacial score (nSPS) is 11.7. The number of nitrogens with zero attached hydrogens (tertiary/aromatic N) is 1. The maximum Gasteiger partial charge on any atom is 0.208 e. The fourth-order valence-electron chi connectivity index (χ4n) is 3.07. The van der Waals surface area contributed by atoms with Crippen molar-refractivity contribution >= 4 is 43.9 Å².